The van der Waals surface area contributed by atoms with Crippen LogP contribution in [0.5, 0.6) is 5.75 Å². The summed E-state index contributed by atoms with van der Waals surface area (Å²) in [6.45, 7) is 1.77. The van der Waals surface area contributed by atoms with Gasteiger partial charge in [0.25, 0.3) is 0 Å². The Bertz CT molecular complexity index is 587. The minimum atomic E-state index is -0.628. The molecule has 4 nitrogen and oxygen atoms in total. The Kier molecular flexibility index (Phi) is 4.43. The van der Waals surface area contributed by atoms with Gasteiger partial charge in [-0.25, -0.2) is 0 Å². The molecule has 4 heteroatoms. The third kappa shape index (κ3) is 3.30. The van der Waals surface area contributed by atoms with Crippen LogP contribution in [0.2, 0.25) is 0 Å². The lowest BCUT2D eigenvalue weighted by atomic mass is 9.84. The highest BCUT2D eigenvalue weighted by Crippen LogP contribution is 2.30. The topological polar surface area (TPSA) is 63.9 Å². The minimum absolute atomic E-state index is 0.189. The number of aliphatic hydroxyl groups excluding tert-OH is 2. The predicted octanol–water partition coefficient (Wildman–Crippen LogP) is 1.71. The Morgan fingerprint density at radius 2 is 1.45 bits per heavy atom. The number of likely N-dealkylation sites (tertiary alicyclic amines) is 1. The second-order valence-corrected chi connectivity index (χ2v) is 5.93. The summed E-state index contributed by atoms with van der Waals surface area (Å²) in [5, 5.41) is 30.3. The molecule has 0 radical (unpaired) electrons. The van der Waals surface area contributed by atoms with E-state index >= 15 is 0 Å². The quantitative estimate of drug-likeness (QED) is 0.807. The second kappa shape index (κ2) is 6.48. The monoisotopic (exact) mass is 299 g/mol. The zero-order valence-corrected chi connectivity index (χ0v) is 12.3. The van der Waals surface area contributed by atoms with Crippen molar-refractivity contribution in [3.05, 3.63) is 65.7 Å². The molecule has 1 unspecified atom stereocenters. The van der Waals surface area contributed by atoms with Crippen molar-refractivity contribution in [2.75, 3.05) is 13.1 Å². The number of phenolic OH excluding ortho intramolecular Hbond substituents is 1. The Morgan fingerprint density at radius 1 is 0.864 bits per heavy atom. The molecule has 116 valence electrons. The highest BCUT2D eigenvalue weighted by molar-refractivity contribution is 5.30. The van der Waals surface area contributed by atoms with Crippen molar-refractivity contribution >= 4 is 0 Å². The van der Waals surface area contributed by atoms with Crippen molar-refractivity contribution in [3.8, 4) is 5.75 Å². The van der Waals surface area contributed by atoms with Crippen molar-refractivity contribution in [2.24, 2.45) is 0 Å². The normalized spacial score (nSPS) is 26.0. The summed E-state index contributed by atoms with van der Waals surface area (Å²) < 4.78 is 0. The summed E-state index contributed by atoms with van der Waals surface area (Å²) >= 11 is 0. The van der Waals surface area contributed by atoms with Gasteiger partial charge in [-0.3, -0.25) is 4.90 Å². The minimum Gasteiger partial charge on any atom is -0.508 e. The molecule has 0 aromatic heterocycles. The smallest absolute Gasteiger partial charge is 0.115 e. The van der Waals surface area contributed by atoms with Crippen LogP contribution in [0.1, 0.15) is 17.0 Å². The van der Waals surface area contributed by atoms with Crippen LogP contribution in [-0.4, -0.2) is 45.5 Å². The van der Waals surface area contributed by atoms with Gasteiger partial charge in [0, 0.05) is 25.6 Å². The zero-order chi connectivity index (χ0) is 15.5. The van der Waals surface area contributed by atoms with Crippen molar-refractivity contribution in [1.82, 2.24) is 4.90 Å². The number of rotatable bonds is 3. The van der Waals surface area contributed by atoms with Crippen LogP contribution < -0.4 is 0 Å². The zero-order valence-electron chi connectivity index (χ0n) is 12.3. The van der Waals surface area contributed by atoms with E-state index in [0.29, 0.717) is 13.1 Å². The van der Waals surface area contributed by atoms with Crippen molar-refractivity contribution in [3.63, 3.8) is 0 Å². The molecule has 0 amide bonds. The van der Waals surface area contributed by atoms with Crippen LogP contribution in [0.3, 0.4) is 0 Å². The highest BCUT2D eigenvalue weighted by Gasteiger charge is 2.35. The van der Waals surface area contributed by atoms with Gasteiger partial charge in [-0.15, -0.1) is 0 Å². The van der Waals surface area contributed by atoms with Gasteiger partial charge >= 0.3 is 0 Å². The van der Waals surface area contributed by atoms with E-state index in [2.05, 4.69) is 4.90 Å². The van der Waals surface area contributed by atoms with Gasteiger partial charge in [0.05, 0.1) is 12.2 Å². The molecule has 3 N–H and O–H groups in total. The van der Waals surface area contributed by atoms with Crippen LogP contribution >= 0.6 is 0 Å². The number of hydrogen-bond acceptors (Lipinski definition) is 4. The SMILES string of the molecule is Oc1ccc(C2[C@H](O)CN(Cc3ccccc3)C[C@@H]2O)cc1. The van der Waals surface area contributed by atoms with E-state index in [-0.39, 0.29) is 11.7 Å². The molecule has 0 aliphatic carbocycles. The first-order valence-electron chi connectivity index (χ1n) is 7.55. The maximum absolute atomic E-state index is 10.4. The summed E-state index contributed by atoms with van der Waals surface area (Å²) in [7, 11) is 0. The Labute approximate surface area is 130 Å². The summed E-state index contributed by atoms with van der Waals surface area (Å²) in [6, 6.07) is 16.8. The summed E-state index contributed by atoms with van der Waals surface area (Å²) in [6.07, 6.45) is -1.26. The van der Waals surface area contributed by atoms with Crippen molar-refractivity contribution in [2.45, 2.75) is 24.7 Å². The van der Waals surface area contributed by atoms with E-state index < -0.39 is 12.2 Å². The molecule has 0 bridgehead atoms. The fourth-order valence-electron chi connectivity index (χ4n) is 3.20. The van der Waals surface area contributed by atoms with Gasteiger partial charge in [-0.1, -0.05) is 42.5 Å². The fraction of sp³-hybridized carbons (Fsp3) is 0.333. The number of aromatic hydroxyl groups is 1. The first-order chi connectivity index (χ1) is 10.6. The number of phenols is 1. The molecule has 0 spiro atoms. The van der Waals surface area contributed by atoms with Crippen LogP contribution in [0.15, 0.2) is 54.6 Å². The number of β-amino-alcohol motifs (C(OH)–C–C–N with tert-alkyl or cyclic N) is 2. The molecule has 1 saturated heterocycles. The van der Waals surface area contributed by atoms with Gasteiger partial charge in [0.15, 0.2) is 0 Å². The van der Waals surface area contributed by atoms with E-state index in [1.54, 1.807) is 24.3 Å². The third-order valence-electron chi connectivity index (χ3n) is 4.25. The molecule has 3 rings (SSSR count). The molecule has 1 aliphatic rings. The lowest BCUT2D eigenvalue weighted by Crippen LogP contribution is -2.50. The first kappa shape index (κ1) is 15.0. The Morgan fingerprint density at radius 3 is 2.05 bits per heavy atom. The molecule has 1 fully saturated rings. The molecular formula is C18H21NO3. The highest BCUT2D eigenvalue weighted by atomic mass is 16.3. The first-order valence-corrected chi connectivity index (χ1v) is 7.55. The number of benzene rings is 2. The maximum Gasteiger partial charge on any atom is 0.115 e. The van der Waals surface area contributed by atoms with Gasteiger partial charge in [0.1, 0.15) is 5.75 Å². The Hall–Kier alpha value is -1.88. The number of nitrogens with zero attached hydrogens (tertiary/aromatic N) is 1. The maximum atomic E-state index is 10.4. The van der Waals surface area contributed by atoms with E-state index in [0.717, 1.165) is 12.1 Å². The van der Waals surface area contributed by atoms with E-state index in [9.17, 15) is 15.3 Å². The van der Waals surface area contributed by atoms with Gasteiger partial charge < -0.3 is 15.3 Å². The summed E-state index contributed by atoms with van der Waals surface area (Å²) in [5.74, 6) is -0.123. The number of piperidine rings is 1. The molecule has 1 aliphatic heterocycles. The van der Waals surface area contributed by atoms with Crippen LogP contribution in [0.25, 0.3) is 0 Å². The lowest BCUT2D eigenvalue weighted by molar-refractivity contribution is -0.0321. The number of aliphatic hydroxyl groups is 2. The molecule has 22 heavy (non-hydrogen) atoms. The fourth-order valence-corrected chi connectivity index (χ4v) is 3.20. The Balaban J connectivity index is 1.70. The molecule has 1 heterocycles. The predicted molar refractivity (Wildman–Crippen MR) is 84.6 cm³/mol. The van der Waals surface area contributed by atoms with Crippen molar-refractivity contribution < 1.29 is 15.3 Å². The van der Waals surface area contributed by atoms with E-state index in [1.165, 1.54) is 5.56 Å². The molecule has 3 atom stereocenters. The average Bonchev–Trinajstić information content (AvgIpc) is 2.49. The van der Waals surface area contributed by atoms with Gasteiger partial charge in [0.2, 0.25) is 0 Å². The van der Waals surface area contributed by atoms with Crippen LogP contribution in [0, 0.1) is 0 Å². The standard InChI is InChI=1S/C18H21NO3/c20-15-8-6-14(7-9-15)18-16(21)11-19(12-17(18)22)10-13-4-2-1-3-5-13/h1-9,16-18,20-22H,10-12H2/t16-,17+,18?. The largest absolute Gasteiger partial charge is 0.508 e. The molecule has 0 saturated carbocycles. The third-order valence-corrected chi connectivity index (χ3v) is 4.25. The lowest BCUT2D eigenvalue weighted by Gasteiger charge is -2.39. The van der Waals surface area contributed by atoms with E-state index in [4.69, 9.17) is 0 Å². The molecule has 2 aromatic carbocycles. The van der Waals surface area contributed by atoms with E-state index in [1.807, 2.05) is 30.3 Å². The number of hydrogen-bond donors (Lipinski definition) is 3. The summed E-state index contributed by atoms with van der Waals surface area (Å²) in [4.78, 5) is 2.07. The summed E-state index contributed by atoms with van der Waals surface area (Å²) in [5.41, 5.74) is 2.03. The van der Waals surface area contributed by atoms with Gasteiger partial charge in [-0.2, -0.15) is 0 Å². The average molecular weight is 299 g/mol. The van der Waals surface area contributed by atoms with Gasteiger partial charge in [-0.05, 0) is 23.3 Å². The van der Waals surface area contributed by atoms with Crippen LogP contribution in [-0.2, 0) is 6.54 Å². The second-order valence-electron chi connectivity index (χ2n) is 5.93. The van der Waals surface area contributed by atoms with Crippen molar-refractivity contribution in [1.29, 1.82) is 0 Å². The molecular weight excluding hydrogens is 278 g/mol. The van der Waals surface area contributed by atoms with Crippen LogP contribution in [0.4, 0.5) is 0 Å². The molecule has 2 aromatic rings.